The third-order valence-electron chi connectivity index (χ3n) is 3.35. The first-order valence-corrected chi connectivity index (χ1v) is 6.06. The van der Waals surface area contributed by atoms with Gasteiger partial charge in [0.05, 0.1) is 0 Å². The highest BCUT2D eigenvalue weighted by atomic mass is 19.1. The van der Waals surface area contributed by atoms with Crippen molar-refractivity contribution in [2.45, 2.75) is 33.2 Å². The monoisotopic (exact) mass is 241 g/mol. The van der Waals surface area contributed by atoms with Crippen LogP contribution in [-0.2, 0) is 6.42 Å². The van der Waals surface area contributed by atoms with E-state index in [1.165, 1.54) is 12.1 Å². The fourth-order valence-corrected chi connectivity index (χ4v) is 2.20. The van der Waals surface area contributed by atoms with E-state index in [1.54, 1.807) is 0 Å². The molecule has 0 saturated heterocycles. The first kappa shape index (κ1) is 14.1. The van der Waals surface area contributed by atoms with E-state index in [1.807, 2.05) is 7.05 Å². The molecule has 2 unspecified atom stereocenters. The summed E-state index contributed by atoms with van der Waals surface area (Å²) in [6.07, 6.45) is 0.689. The maximum absolute atomic E-state index is 13.1. The molecule has 0 fully saturated rings. The number of benzene rings is 1. The average molecular weight is 241 g/mol. The Hall–Kier alpha value is -0.960. The van der Waals surface area contributed by atoms with E-state index in [-0.39, 0.29) is 0 Å². The SMILES string of the molecule is CNC(C)C(Cc1cc(F)cc(F)c1)C(C)C. The van der Waals surface area contributed by atoms with Crippen molar-refractivity contribution in [1.29, 1.82) is 0 Å². The molecule has 0 saturated carbocycles. The molecule has 1 aromatic carbocycles. The van der Waals surface area contributed by atoms with Crippen molar-refractivity contribution in [1.82, 2.24) is 5.32 Å². The van der Waals surface area contributed by atoms with Crippen LogP contribution in [-0.4, -0.2) is 13.1 Å². The summed E-state index contributed by atoms with van der Waals surface area (Å²) in [4.78, 5) is 0. The van der Waals surface area contributed by atoms with Gasteiger partial charge in [-0.1, -0.05) is 13.8 Å². The molecule has 0 aromatic heterocycles. The van der Waals surface area contributed by atoms with Crippen LogP contribution in [0.5, 0.6) is 0 Å². The average Bonchev–Trinajstić information content (AvgIpc) is 2.23. The molecule has 0 aliphatic rings. The smallest absolute Gasteiger partial charge is 0.126 e. The van der Waals surface area contributed by atoms with Gasteiger partial charge < -0.3 is 5.32 Å². The third-order valence-corrected chi connectivity index (χ3v) is 3.35. The lowest BCUT2D eigenvalue weighted by atomic mass is 9.84. The molecule has 0 amide bonds. The van der Waals surface area contributed by atoms with Gasteiger partial charge in [0.2, 0.25) is 0 Å². The van der Waals surface area contributed by atoms with E-state index in [9.17, 15) is 8.78 Å². The molecular weight excluding hydrogens is 220 g/mol. The van der Waals surface area contributed by atoms with Crippen LogP contribution in [0.1, 0.15) is 26.3 Å². The summed E-state index contributed by atoms with van der Waals surface area (Å²) in [5, 5.41) is 3.21. The van der Waals surface area contributed by atoms with Crippen molar-refractivity contribution in [3.63, 3.8) is 0 Å². The summed E-state index contributed by atoms with van der Waals surface area (Å²) >= 11 is 0. The Morgan fingerprint density at radius 3 is 2.00 bits per heavy atom. The zero-order chi connectivity index (χ0) is 13.0. The molecule has 1 N–H and O–H groups in total. The summed E-state index contributed by atoms with van der Waals surface area (Å²) in [6.45, 7) is 6.36. The minimum Gasteiger partial charge on any atom is -0.317 e. The van der Waals surface area contributed by atoms with Gasteiger partial charge in [-0.3, -0.25) is 0 Å². The van der Waals surface area contributed by atoms with Gasteiger partial charge >= 0.3 is 0 Å². The van der Waals surface area contributed by atoms with Gasteiger partial charge in [0.1, 0.15) is 11.6 Å². The van der Waals surface area contributed by atoms with Gasteiger partial charge in [-0.15, -0.1) is 0 Å². The number of hydrogen-bond donors (Lipinski definition) is 1. The van der Waals surface area contributed by atoms with Crippen LogP contribution in [0.15, 0.2) is 18.2 Å². The normalized spacial score (nSPS) is 15.0. The Kier molecular flexibility index (Phi) is 5.06. The fraction of sp³-hybridized carbons (Fsp3) is 0.571. The molecular formula is C14H21F2N. The predicted molar refractivity (Wildman–Crippen MR) is 66.9 cm³/mol. The largest absolute Gasteiger partial charge is 0.317 e. The quantitative estimate of drug-likeness (QED) is 0.833. The van der Waals surface area contributed by atoms with Crippen molar-refractivity contribution in [2.24, 2.45) is 11.8 Å². The van der Waals surface area contributed by atoms with E-state index in [4.69, 9.17) is 0 Å². The molecule has 0 spiro atoms. The second-order valence-corrected chi connectivity index (χ2v) is 4.97. The van der Waals surface area contributed by atoms with Gasteiger partial charge in [0, 0.05) is 12.1 Å². The van der Waals surface area contributed by atoms with Crippen molar-refractivity contribution in [2.75, 3.05) is 7.05 Å². The van der Waals surface area contributed by atoms with E-state index >= 15 is 0 Å². The van der Waals surface area contributed by atoms with Crippen molar-refractivity contribution >= 4 is 0 Å². The van der Waals surface area contributed by atoms with Crippen LogP contribution in [0.25, 0.3) is 0 Å². The molecule has 0 aliphatic carbocycles. The third kappa shape index (κ3) is 4.08. The van der Waals surface area contributed by atoms with Gasteiger partial charge in [-0.25, -0.2) is 8.78 Å². The predicted octanol–water partition coefficient (Wildman–Crippen LogP) is 3.39. The Labute approximate surface area is 102 Å². The highest BCUT2D eigenvalue weighted by molar-refractivity contribution is 5.18. The van der Waals surface area contributed by atoms with Crippen molar-refractivity contribution in [3.05, 3.63) is 35.4 Å². The topological polar surface area (TPSA) is 12.0 Å². The molecule has 96 valence electrons. The number of nitrogens with one attached hydrogen (secondary N) is 1. The van der Waals surface area contributed by atoms with Gasteiger partial charge in [-0.05, 0) is 49.9 Å². The minimum absolute atomic E-state index is 0.321. The summed E-state index contributed by atoms with van der Waals surface area (Å²) < 4.78 is 26.2. The standard InChI is InChI=1S/C14H21F2N/c1-9(2)14(10(3)17-4)7-11-5-12(15)8-13(16)6-11/h5-6,8-10,14,17H,7H2,1-4H3. The van der Waals surface area contributed by atoms with E-state index in [2.05, 4.69) is 26.1 Å². The van der Waals surface area contributed by atoms with Gasteiger partial charge in [0.25, 0.3) is 0 Å². The van der Waals surface area contributed by atoms with Gasteiger partial charge in [-0.2, -0.15) is 0 Å². The summed E-state index contributed by atoms with van der Waals surface area (Å²) in [5.41, 5.74) is 0.725. The van der Waals surface area contributed by atoms with Crippen LogP contribution < -0.4 is 5.32 Å². The van der Waals surface area contributed by atoms with E-state index in [0.29, 0.717) is 24.3 Å². The molecule has 2 atom stereocenters. The maximum Gasteiger partial charge on any atom is 0.126 e. The molecule has 1 nitrogen and oxygen atoms in total. The van der Waals surface area contributed by atoms with Crippen LogP contribution in [0, 0.1) is 23.5 Å². The van der Waals surface area contributed by atoms with Crippen molar-refractivity contribution < 1.29 is 8.78 Å². The Morgan fingerprint density at radius 1 is 1.06 bits per heavy atom. The lowest BCUT2D eigenvalue weighted by Crippen LogP contribution is -2.35. The first-order valence-electron chi connectivity index (χ1n) is 6.06. The van der Waals surface area contributed by atoms with Crippen LogP contribution in [0.4, 0.5) is 8.78 Å². The number of halogens is 2. The summed E-state index contributed by atoms with van der Waals surface area (Å²) in [6, 6.07) is 4.07. The van der Waals surface area contributed by atoms with Crippen LogP contribution in [0.3, 0.4) is 0 Å². The maximum atomic E-state index is 13.1. The highest BCUT2D eigenvalue weighted by Gasteiger charge is 2.20. The fourth-order valence-electron chi connectivity index (χ4n) is 2.20. The molecule has 0 bridgehead atoms. The Morgan fingerprint density at radius 2 is 1.59 bits per heavy atom. The molecule has 0 radical (unpaired) electrons. The van der Waals surface area contributed by atoms with E-state index < -0.39 is 11.6 Å². The second-order valence-electron chi connectivity index (χ2n) is 4.97. The summed E-state index contributed by atoms with van der Waals surface area (Å²) in [7, 11) is 1.91. The summed E-state index contributed by atoms with van der Waals surface area (Å²) in [5.74, 6) is -0.177. The number of rotatable bonds is 5. The zero-order valence-corrected chi connectivity index (χ0v) is 10.9. The molecule has 1 rings (SSSR count). The molecule has 0 aliphatic heterocycles. The Balaban J connectivity index is 2.85. The first-order chi connectivity index (χ1) is 7.93. The molecule has 1 aromatic rings. The molecule has 17 heavy (non-hydrogen) atoms. The molecule has 3 heteroatoms. The van der Waals surface area contributed by atoms with Crippen LogP contribution >= 0.6 is 0 Å². The van der Waals surface area contributed by atoms with Crippen LogP contribution in [0.2, 0.25) is 0 Å². The Bertz CT molecular complexity index is 343. The lowest BCUT2D eigenvalue weighted by molar-refractivity contribution is 0.299. The molecule has 0 heterocycles. The highest BCUT2D eigenvalue weighted by Crippen LogP contribution is 2.22. The van der Waals surface area contributed by atoms with E-state index in [0.717, 1.165) is 11.6 Å². The minimum atomic E-state index is -0.500. The number of hydrogen-bond acceptors (Lipinski definition) is 1. The zero-order valence-electron chi connectivity index (χ0n) is 10.9. The van der Waals surface area contributed by atoms with Crippen molar-refractivity contribution in [3.8, 4) is 0 Å². The van der Waals surface area contributed by atoms with Gasteiger partial charge in [0.15, 0.2) is 0 Å². The second kappa shape index (κ2) is 6.10. The lowest BCUT2D eigenvalue weighted by Gasteiger charge is -2.27.